The number of nitrogens with one attached hydrogen (secondary N) is 1. The zero-order valence-corrected chi connectivity index (χ0v) is 18.8. The summed E-state index contributed by atoms with van der Waals surface area (Å²) >= 11 is 1.41. The second-order valence-corrected chi connectivity index (χ2v) is 11.2. The third-order valence-electron chi connectivity index (χ3n) is 5.08. The molecule has 1 heterocycles. The fraction of sp³-hybridized carbons (Fsp3) is 0.200. The number of ether oxygens (including phenoxy) is 1. The minimum Gasteiger partial charge on any atom is -0.457 e. The first-order chi connectivity index (χ1) is 15.0. The molecule has 1 saturated heterocycles. The molecular formula is C25H23NO3S2. The van der Waals surface area contributed by atoms with Gasteiger partial charge in [-0.2, -0.15) is 0 Å². The lowest BCUT2D eigenvalue weighted by Gasteiger charge is -2.25. The Balaban J connectivity index is 1.50. The van der Waals surface area contributed by atoms with Crippen LogP contribution in [0.2, 0.25) is 0 Å². The minimum atomic E-state index is -3.53. The van der Waals surface area contributed by atoms with Crippen molar-refractivity contribution in [3.63, 3.8) is 0 Å². The maximum atomic E-state index is 13.4. The predicted molar refractivity (Wildman–Crippen MR) is 126 cm³/mol. The summed E-state index contributed by atoms with van der Waals surface area (Å²) in [5.74, 6) is 8.32. The van der Waals surface area contributed by atoms with E-state index in [1.54, 1.807) is 12.1 Å². The monoisotopic (exact) mass is 449 g/mol. The average Bonchev–Trinajstić information content (AvgIpc) is 3.27. The molecule has 1 aliphatic heterocycles. The first kappa shape index (κ1) is 21.5. The van der Waals surface area contributed by atoms with Gasteiger partial charge in [0.05, 0.1) is 4.90 Å². The van der Waals surface area contributed by atoms with Crippen LogP contribution in [-0.2, 0) is 9.84 Å². The quantitative estimate of drug-likeness (QED) is 0.556. The number of sulfone groups is 1. The molecule has 1 atom stereocenters. The van der Waals surface area contributed by atoms with Crippen LogP contribution in [-0.4, -0.2) is 24.9 Å². The maximum Gasteiger partial charge on any atom is 0.195 e. The van der Waals surface area contributed by atoms with E-state index in [9.17, 15) is 8.42 Å². The highest BCUT2D eigenvalue weighted by Gasteiger charge is 2.47. The largest absolute Gasteiger partial charge is 0.457 e. The second-order valence-electron chi connectivity index (χ2n) is 7.36. The SMILES string of the molecule is Cc1ccc(S(=O)(=O)C2(CC#Cc3ccc(Oc4ccccc4)cc3)CNCS2)cc1. The van der Waals surface area contributed by atoms with Crippen molar-refractivity contribution in [2.45, 2.75) is 22.3 Å². The van der Waals surface area contributed by atoms with E-state index in [0.29, 0.717) is 17.3 Å². The Kier molecular flexibility index (Phi) is 6.38. The van der Waals surface area contributed by atoms with Gasteiger partial charge in [0.25, 0.3) is 0 Å². The lowest BCUT2D eigenvalue weighted by Crippen LogP contribution is -2.38. The normalized spacial score (nSPS) is 18.2. The maximum absolute atomic E-state index is 13.4. The summed E-state index contributed by atoms with van der Waals surface area (Å²) in [6, 6.07) is 24.1. The summed E-state index contributed by atoms with van der Waals surface area (Å²) in [5.41, 5.74) is 1.85. The lowest BCUT2D eigenvalue weighted by molar-refractivity contribution is 0.482. The topological polar surface area (TPSA) is 55.4 Å². The van der Waals surface area contributed by atoms with Crippen LogP contribution in [0.1, 0.15) is 17.5 Å². The Morgan fingerprint density at radius 1 is 0.968 bits per heavy atom. The van der Waals surface area contributed by atoms with Crippen molar-refractivity contribution in [3.8, 4) is 23.3 Å². The Morgan fingerprint density at radius 2 is 1.65 bits per heavy atom. The molecule has 0 radical (unpaired) electrons. The summed E-state index contributed by atoms with van der Waals surface area (Å²) in [7, 11) is -3.53. The number of hydrogen-bond acceptors (Lipinski definition) is 5. The fourth-order valence-corrected chi connectivity index (χ4v) is 6.71. The first-order valence-corrected chi connectivity index (χ1v) is 12.4. The van der Waals surface area contributed by atoms with Crippen LogP contribution in [0.4, 0.5) is 0 Å². The number of rotatable bonds is 5. The zero-order chi connectivity index (χ0) is 21.7. The van der Waals surface area contributed by atoms with E-state index >= 15 is 0 Å². The molecule has 158 valence electrons. The van der Waals surface area contributed by atoms with Gasteiger partial charge >= 0.3 is 0 Å². The number of thioether (sulfide) groups is 1. The van der Waals surface area contributed by atoms with E-state index < -0.39 is 13.9 Å². The van der Waals surface area contributed by atoms with Gasteiger partial charge < -0.3 is 10.1 Å². The van der Waals surface area contributed by atoms with Crippen molar-refractivity contribution in [3.05, 3.63) is 90.0 Å². The molecule has 3 aromatic carbocycles. The molecule has 1 unspecified atom stereocenters. The fourth-order valence-electron chi connectivity index (χ4n) is 3.30. The van der Waals surface area contributed by atoms with Crippen molar-refractivity contribution in [2.24, 2.45) is 0 Å². The molecular weight excluding hydrogens is 426 g/mol. The lowest BCUT2D eigenvalue weighted by atomic mass is 10.2. The van der Waals surface area contributed by atoms with Gasteiger partial charge in [-0.1, -0.05) is 47.7 Å². The van der Waals surface area contributed by atoms with E-state index in [4.69, 9.17) is 4.74 Å². The Bertz CT molecular complexity index is 1190. The van der Waals surface area contributed by atoms with E-state index in [1.807, 2.05) is 73.7 Å². The highest BCUT2D eigenvalue weighted by molar-refractivity contribution is 8.15. The van der Waals surface area contributed by atoms with Crippen LogP contribution in [0.5, 0.6) is 11.5 Å². The third-order valence-corrected chi connectivity index (χ3v) is 9.41. The van der Waals surface area contributed by atoms with Crippen LogP contribution in [0.3, 0.4) is 0 Å². The standard InChI is InChI=1S/C25H23NO3S2/c1-20-9-15-24(16-10-20)31(27,28)25(18-26-19-30-25)17-5-6-21-11-13-23(14-12-21)29-22-7-3-2-4-8-22/h2-4,7-16,26H,17-19H2,1H3. The van der Waals surface area contributed by atoms with Crippen molar-refractivity contribution in [1.29, 1.82) is 0 Å². The van der Waals surface area contributed by atoms with E-state index in [-0.39, 0.29) is 6.42 Å². The number of benzene rings is 3. The number of aryl methyl sites for hydroxylation is 1. The molecule has 31 heavy (non-hydrogen) atoms. The summed E-state index contributed by atoms with van der Waals surface area (Å²) in [6.07, 6.45) is 0.253. The number of hydrogen-bond donors (Lipinski definition) is 1. The molecule has 6 heteroatoms. The van der Waals surface area contributed by atoms with Gasteiger partial charge in [0.1, 0.15) is 15.6 Å². The van der Waals surface area contributed by atoms with Gasteiger partial charge in [0.15, 0.2) is 9.84 Å². The first-order valence-electron chi connectivity index (χ1n) is 9.96. The highest BCUT2D eigenvalue weighted by Crippen LogP contribution is 2.41. The van der Waals surface area contributed by atoms with Crippen LogP contribution < -0.4 is 10.1 Å². The summed E-state index contributed by atoms with van der Waals surface area (Å²) < 4.78 is 31.6. The molecule has 0 aliphatic carbocycles. The van der Waals surface area contributed by atoms with Crippen LogP contribution in [0.15, 0.2) is 83.8 Å². The van der Waals surface area contributed by atoms with Crippen LogP contribution >= 0.6 is 11.8 Å². The van der Waals surface area contributed by atoms with E-state index in [2.05, 4.69) is 17.2 Å². The van der Waals surface area contributed by atoms with Crippen LogP contribution in [0.25, 0.3) is 0 Å². The molecule has 0 spiro atoms. The molecule has 0 bridgehead atoms. The predicted octanol–water partition coefficient (Wildman–Crippen LogP) is 4.99. The van der Waals surface area contributed by atoms with E-state index in [0.717, 1.165) is 22.6 Å². The van der Waals surface area contributed by atoms with Crippen LogP contribution in [0, 0.1) is 18.8 Å². The van der Waals surface area contributed by atoms with Gasteiger partial charge in [0, 0.05) is 24.4 Å². The highest BCUT2D eigenvalue weighted by atomic mass is 32.3. The van der Waals surface area contributed by atoms with Gasteiger partial charge in [-0.15, -0.1) is 11.8 Å². The Hall–Kier alpha value is -2.72. The van der Waals surface area contributed by atoms with Gasteiger partial charge in [-0.25, -0.2) is 8.42 Å². The smallest absolute Gasteiger partial charge is 0.195 e. The molecule has 1 N–H and O–H groups in total. The Morgan fingerprint density at radius 3 is 2.29 bits per heavy atom. The average molecular weight is 450 g/mol. The molecule has 1 aliphatic rings. The van der Waals surface area contributed by atoms with Gasteiger partial charge in [-0.3, -0.25) is 0 Å². The second kappa shape index (κ2) is 9.19. The molecule has 3 aromatic rings. The molecule has 0 amide bonds. The summed E-state index contributed by atoms with van der Waals surface area (Å²) in [5, 5.41) is 3.18. The molecule has 0 saturated carbocycles. The van der Waals surface area contributed by atoms with Crippen molar-refractivity contribution < 1.29 is 13.2 Å². The van der Waals surface area contributed by atoms with Crippen molar-refractivity contribution in [2.75, 3.05) is 12.4 Å². The molecule has 0 aromatic heterocycles. The Labute approximate surface area is 188 Å². The number of para-hydroxylation sites is 1. The van der Waals surface area contributed by atoms with Gasteiger partial charge in [-0.05, 0) is 55.5 Å². The van der Waals surface area contributed by atoms with Crippen molar-refractivity contribution >= 4 is 21.6 Å². The third kappa shape index (κ3) is 4.80. The van der Waals surface area contributed by atoms with Gasteiger partial charge in [0.2, 0.25) is 0 Å². The summed E-state index contributed by atoms with van der Waals surface area (Å²) in [6.45, 7) is 2.33. The molecule has 1 fully saturated rings. The molecule has 4 rings (SSSR count). The zero-order valence-electron chi connectivity index (χ0n) is 17.2. The molecule has 4 nitrogen and oxygen atoms in total. The minimum absolute atomic E-state index is 0.253. The van der Waals surface area contributed by atoms with E-state index in [1.165, 1.54) is 11.8 Å². The van der Waals surface area contributed by atoms with Crippen molar-refractivity contribution in [1.82, 2.24) is 5.32 Å². The summed E-state index contributed by atoms with van der Waals surface area (Å²) in [4.78, 5) is 0.346.